The minimum Gasteiger partial charge on any atom is -0.506 e. The number of anilines is 1. The smallest absolute Gasteiger partial charge is 0.490 e. The van der Waals surface area contributed by atoms with Gasteiger partial charge in [-0.25, -0.2) is 19.6 Å². The van der Waals surface area contributed by atoms with Gasteiger partial charge in [0.25, 0.3) is 0 Å². The van der Waals surface area contributed by atoms with Crippen molar-refractivity contribution in [3.8, 4) is 22.8 Å². The molecule has 14 nitrogen and oxygen atoms in total. The molecule has 0 atom stereocenters. The highest BCUT2D eigenvalue weighted by atomic mass is 19.4. The Labute approximate surface area is 245 Å². The van der Waals surface area contributed by atoms with Crippen LogP contribution in [0.25, 0.3) is 17.1 Å². The van der Waals surface area contributed by atoms with Crippen LogP contribution in [0.4, 0.5) is 32.3 Å². The third-order valence-electron chi connectivity index (χ3n) is 5.81. The first-order valence-electron chi connectivity index (χ1n) is 12.4. The molecule has 0 aliphatic carbocycles. The molecule has 20 heteroatoms. The van der Waals surface area contributed by atoms with Gasteiger partial charge in [0.05, 0.1) is 24.8 Å². The van der Waals surface area contributed by atoms with Gasteiger partial charge in [-0.3, -0.25) is 0 Å². The van der Waals surface area contributed by atoms with E-state index in [2.05, 4.69) is 68.3 Å². The van der Waals surface area contributed by atoms with Gasteiger partial charge >= 0.3 is 24.3 Å². The standard InChI is InChI=1S/C20H27N9O.2C2HF3O2/c1-19(2)9-14(10-20(3,4)27-19)28(5)18-22-12-15(25-26-18)17-16(30)8-13(11-21-17)29-23-6-7-24-29;2*3-2(4,5)1(6)7/h6-8,11-12,14,27,30H,9-10H2,1-5H3;2*(H,6,7). The van der Waals surface area contributed by atoms with Crippen LogP contribution in [0, 0.1) is 0 Å². The van der Waals surface area contributed by atoms with Crippen molar-refractivity contribution in [1.29, 1.82) is 0 Å². The second-order valence-electron chi connectivity index (χ2n) is 10.7. The van der Waals surface area contributed by atoms with E-state index in [1.54, 1.807) is 24.8 Å². The fourth-order valence-corrected chi connectivity index (χ4v) is 4.34. The molecule has 4 rings (SSSR count). The maximum absolute atomic E-state index is 10.6. The topological polar surface area (TPSA) is 192 Å². The van der Waals surface area contributed by atoms with Gasteiger partial charge in [0.2, 0.25) is 5.95 Å². The second kappa shape index (κ2) is 13.3. The average molecular weight is 638 g/mol. The number of carboxylic acid groups (broad SMARTS) is 2. The number of carbonyl (C=O) groups is 2. The number of aromatic nitrogens is 7. The molecule has 3 aromatic heterocycles. The summed E-state index contributed by atoms with van der Waals surface area (Å²) in [6, 6.07) is 1.82. The number of nitrogens with one attached hydrogen (secondary N) is 1. The number of hydrogen-bond donors (Lipinski definition) is 4. The van der Waals surface area contributed by atoms with E-state index in [-0.39, 0.29) is 22.9 Å². The highest BCUT2D eigenvalue weighted by molar-refractivity contribution is 5.73. The van der Waals surface area contributed by atoms with E-state index in [0.717, 1.165) is 12.8 Å². The predicted molar refractivity (Wildman–Crippen MR) is 140 cm³/mol. The summed E-state index contributed by atoms with van der Waals surface area (Å²) in [5.41, 5.74) is 1.30. The Morgan fingerprint density at radius 2 is 1.39 bits per heavy atom. The number of alkyl halides is 6. The fourth-order valence-electron chi connectivity index (χ4n) is 4.34. The van der Waals surface area contributed by atoms with Crippen LogP contribution < -0.4 is 10.2 Å². The second-order valence-corrected chi connectivity index (χ2v) is 10.7. The summed E-state index contributed by atoms with van der Waals surface area (Å²) in [4.78, 5) is 30.0. The molecular weight excluding hydrogens is 608 g/mol. The number of piperidine rings is 1. The summed E-state index contributed by atoms with van der Waals surface area (Å²) in [5.74, 6) is -5.00. The number of hydrogen-bond acceptors (Lipinski definition) is 11. The zero-order chi connectivity index (χ0) is 33.7. The maximum Gasteiger partial charge on any atom is 0.490 e. The molecule has 0 spiro atoms. The first kappa shape index (κ1) is 35.6. The first-order chi connectivity index (χ1) is 20.0. The van der Waals surface area contributed by atoms with Gasteiger partial charge in [-0.05, 0) is 40.5 Å². The largest absolute Gasteiger partial charge is 0.506 e. The molecule has 1 aliphatic heterocycles. The fraction of sp³-hybridized carbons (Fsp3) is 0.500. The van der Waals surface area contributed by atoms with Crippen molar-refractivity contribution < 1.29 is 51.3 Å². The molecule has 44 heavy (non-hydrogen) atoms. The molecule has 0 aromatic carbocycles. The lowest BCUT2D eigenvalue weighted by molar-refractivity contribution is -0.193. The summed E-state index contributed by atoms with van der Waals surface area (Å²) in [6.07, 6.45) is -1.95. The number of halogens is 6. The molecular formula is C24H29F6N9O5. The van der Waals surface area contributed by atoms with Crippen LogP contribution in [0.3, 0.4) is 0 Å². The molecule has 242 valence electrons. The molecule has 1 aliphatic rings. The van der Waals surface area contributed by atoms with Gasteiger partial charge < -0.3 is 25.5 Å². The zero-order valence-electron chi connectivity index (χ0n) is 23.9. The maximum atomic E-state index is 10.6. The van der Waals surface area contributed by atoms with Crippen LogP contribution in [0.15, 0.2) is 30.9 Å². The molecule has 0 saturated carbocycles. The molecule has 0 amide bonds. The Kier molecular flexibility index (Phi) is 10.8. The lowest BCUT2D eigenvalue weighted by Crippen LogP contribution is -2.62. The monoisotopic (exact) mass is 637 g/mol. The Morgan fingerprint density at radius 3 is 1.77 bits per heavy atom. The summed E-state index contributed by atoms with van der Waals surface area (Å²) < 4.78 is 63.5. The molecule has 0 radical (unpaired) electrons. The highest BCUT2D eigenvalue weighted by Crippen LogP contribution is 2.32. The van der Waals surface area contributed by atoms with Gasteiger partial charge in [-0.15, -0.1) is 15.0 Å². The minimum atomic E-state index is -5.08. The van der Waals surface area contributed by atoms with Gasteiger partial charge in [0.1, 0.15) is 22.8 Å². The molecule has 3 aromatic rings. The first-order valence-corrected chi connectivity index (χ1v) is 12.4. The number of pyridine rings is 1. The van der Waals surface area contributed by atoms with Crippen molar-refractivity contribution >= 4 is 17.9 Å². The van der Waals surface area contributed by atoms with Crippen LogP contribution in [0.2, 0.25) is 0 Å². The van der Waals surface area contributed by atoms with Crippen LogP contribution in [0.5, 0.6) is 5.75 Å². The van der Waals surface area contributed by atoms with Gasteiger partial charge in [-0.1, -0.05) is 0 Å². The summed E-state index contributed by atoms with van der Waals surface area (Å²) in [6.45, 7) is 8.86. The average Bonchev–Trinajstić information content (AvgIpc) is 3.41. The molecule has 1 saturated heterocycles. The number of rotatable bonds is 4. The van der Waals surface area contributed by atoms with Crippen molar-refractivity contribution in [3.05, 3.63) is 30.9 Å². The third kappa shape index (κ3) is 10.3. The van der Waals surface area contributed by atoms with Crippen LogP contribution in [0.1, 0.15) is 40.5 Å². The van der Waals surface area contributed by atoms with E-state index in [1.807, 2.05) is 7.05 Å². The number of aliphatic carboxylic acids is 2. The van der Waals surface area contributed by atoms with Gasteiger partial charge in [0, 0.05) is 30.2 Å². The normalized spacial score (nSPS) is 16.1. The molecule has 1 fully saturated rings. The Balaban J connectivity index is 0.000000402. The van der Waals surface area contributed by atoms with E-state index in [9.17, 15) is 31.4 Å². The highest BCUT2D eigenvalue weighted by Gasteiger charge is 2.40. The SMILES string of the molecule is CN(c1ncc(-c2ncc(-n3nccn3)cc2O)nn1)C1CC(C)(C)NC(C)(C)C1.O=C(O)C(F)(F)F.O=C(O)C(F)(F)F. The van der Waals surface area contributed by atoms with Crippen LogP contribution in [-0.2, 0) is 9.59 Å². The van der Waals surface area contributed by atoms with Crippen molar-refractivity contribution in [2.75, 3.05) is 11.9 Å². The summed E-state index contributed by atoms with van der Waals surface area (Å²) in [7, 11) is 2.00. The predicted octanol–water partition coefficient (Wildman–Crippen LogP) is 3.23. The Bertz CT molecular complexity index is 1380. The van der Waals surface area contributed by atoms with Crippen molar-refractivity contribution in [1.82, 2.24) is 40.5 Å². The van der Waals surface area contributed by atoms with E-state index >= 15 is 0 Å². The molecule has 0 unspecified atom stereocenters. The lowest BCUT2D eigenvalue weighted by atomic mass is 9.79. The van der Waals surface area contributed by atoms with Crippen LogP contribution >= 0.6 is 0 Å². The Morgan fingerprint density at radius 1 is 0.909 bits per heavy atom. The third-order valence-corrected chi connectivity index (χ3v) is 5.81. The zero-order valence-corrected chi connectivity index (χ0v) is 23.9. The molecule has 4 heterocycles. The number of carboxylic acids is 2. The Hall–Kier alpha value is -4.62. The quantitative estimate of drug-likeness (QED) is 0.305. The van der Waals surface area contributed by atoms with Crippen LogP contribution in [-0.4, -0.2) is 98.9 Å². The summed E-state index contributed by atoms with van der Waals surface area (Å²) in [5, 5.41) is 45.0. The minimum absolute atomic E-state index is 0.0228. The van der Waals surface area contributed by atoms with Crippen molar-refractivity contribution in [2.45, 2.75) is 70.0 Å². The molecule has 4 N–H and O–H groups in total. The van der Waals surface area contributed by atoms with E-state index < -0.39 is 24.3 Å². The van der Waals surface area contributed by atoms with Crippen molar-refractivity contribution in [3.63, 3.8) is 0 Å². The van der Waals surface area contributed by atoms with Gasteiger partial charge in [-0.2, -0.15) is 36.5 Å². The van der Waals surface area contributed by atoms with E-state index in [4.69, 9.17) is 19.8 Å². The lowest BCUT2D eigenvalue weighted by Gasteiger charge is -2.48. The van der Waals surface area contributed by atoms with E-state index in [0.29, 0.717) is 23.0 Å². The van der Waals surface area contributed by atoms with Gasteiger partial charge in [0.15, 0.2) is 0 Å². The number of aromatic hydroxyl groups is 1. The number of nitrogens with zero attached hydrogens (tertiary/aromatic N) is 8. The summed E-state index contributed by atoms with van der Waals surface area (Å²) >= 11 is 0. The van der Waals surface area contributed by atoms with E-state index in [1.165, 1.54) is 10.9 Å². The van der Waals surface area contributed by atoms with Crippen molar-refractivity contribution in [2.24, 2.45) is 0 Å². The molecule has 0 bridgehead atoms.